The first-order valence-electron chi connectivity index (χ1n) is 9.87. The van der Waals surface area contributed by atoms with Crippen LogP contribution in [0, 0.1) is 5.92 Å². The largest absolute Gasteiger partial charge is 0.494 e. The van der Waals surface area contributed by atoms with Crippen LogP contribution in [0.2, 0.25) is 5.15 Å². The monoisotopic (exact) mass is 402 g/mol. The van der Waals surface area contributed by atoms with Crippen LogP contribution in [0.1, 0.15) is 38.2 Å². The molecule has 3 rings (SSSR count). The number of hydrogen-bond acceptors (Lipinski definition) is 6. The lowest BCUT2D eigenvalue weighted by Crippen LogP contribution is -2.34. The van der Waals surface area contributed by atoms with E-state index >= 15 is 0 Å². The highest BCUT2D eigenvalue weighted by molar-refractivity contribution is 6.29. The summed E-state index contributed by atoms with van der Waals surface area (Å²) in [6.07, 6.45) is 6.02. The minimum atomic E-state index is 0.431. The Morgan fingerprint density at radius 2 is 1.89 bits per heavy atom. The Labute approximate surface area is 171 Å². The number of hydrogen-bond donors (Lipinski definition) is 0. The van der Waals surface area contributed by atoms with Gasteiger partial charge in [-0.3, -0.25) is 0 Å². The molecule has 0 bridgehead atoms. The van der Waals surface area contributed by atoms with Gasteiger partial charge in [0.05, 0.1) is 12.8 Å². The molecular formula is C21H27ClN4O2. The fourth-order valence-electron chi connectivity index (χ4n) is 3.16. The van der Waals surface area contributed by atoms with Crippen LogP contribution < -0.4 is 9.64 Å². The van der Waals surface area contributed by atoms with Crippen molar-refractivity contribution < 1.29 is 9.57 Å². The number of oxime groups is 1. The third kappa shape index (κ3) is 6.37. The van der Waals surface area contributed by atoms with Gasteiger partial charge in [-0.15, -0.1) is 10.2 Å². The molecule has 0 aliphatic carbocycles. The number of ether oxygens (including phenoxy) is 1. The Balaban J connectivity index is 1.35. The highest BCUT2D eigenvalue weighted by Crippen LogP contribution is 2.24. The van der Waals surface area contributed by atoms with E-state index in [1.807, 2.05) is 30.3 Å². The maximum Gasteiger partial charge on any atom is 0.151 e. The Kier molecular flexibility index (Phi) is 7.91. The van der Waals surface area contributed by atoms with E-state index in [1.54, 1.807) is 12.3 Å². The van der Waals surface area contributed by atoms with Gasteiger partial charge in [0.2, 0.25) is 0 Å². The minimum Gasteiger partial charge on any atom is -0.494 e. The summed E-state index contributed by atoms with van der Waals surface area (Å²) in [4.78, 5) is 7.38. The van der Waals surface area contributed by atoms with Crippen LogP contribution in [0.4, 0.5) is 5.82 Å². The second-order valence-electron chi connectivity index (χ2n) is 6.92. The molecule has 7 heteroatoms. The third-order valence-electron chi connectivity index (χ3n) is 4.80. The molecule has 0 unspecified atom stereocenters. The SMILES string of the molecule is CCCON=Cc1ccc(OCCC2CCN(c3ccc(Cl)nn3)CC2)cc1. The number of nitrogens with zero attached hydrogens (tertiary/aromatic N) is 4. The Morgan fingerprint density at radius 1 is 1.11 bits per heavy atom. The molecule has 0 saturated carbocycles. The van der Waals surface area contributed by atoms with Gasteiger partial charge in [-0.1, -0.05) is 23.7 Å². The van der Waals surface area contributed by atoms with Gasteiger partial charge >= 0.3 is 0 Å². The second-order valence-corrected chi connectivity index (χ2v) is 7.31. The fraction of sp³-hybridized carbons (Fsp3) is 0.476. The van der Waals surface area contributed by atoms with E-state index in [9.17, 15) is 0 Å². The van der Waals surface area contributed by atoms with Crippen molar-refractivity contribution in [3.8, 4) is 5.75 Å². The van der Waals surface area contributed by atoms with Gasteiger partial charge in [0, 0.05) is 13.1 Å². The minimum absolute atomic E-state index is 0.431. The molecule has 0 radical (unpaired) electrons. The number of aromatic nitrogens is 2. The second kappa shape index (κ2) is 10.9. The van der Waals surface area contributed by atoms with Crippen LogP contribution in [0.3, 0.4) is 0 Å². The molecule has 2 heterocycles. The van der Waals surface area contributed by atoms with Gasteiger partial charge in [-0.25, -0.2) is 0 Å². The molecule has 1 aliphatic rings. The molecule has 1 aromatic carbocycles. The van der Waals surface area contributed by atoms with E-state index in [0.29, 0.717) is 17.7 Å². The molecule has 28 heavy (non-hydrogen) atoms. The zero-order valence-corrected chi connectivity index (χ0v) is 17.0. The van der Waals surface area contributed by atoms with Crippen molar-refractivity contribution >= 4 is 23.6 Å². The fourth-order valence-corrected chi connectivity index (χ4v) is 3.26. The van der Waals surface area contributed by atoms with Gasteiger partial charge in [0.1, 0.15) is 12.4 Å². The average molecular weight is 403 g/mol. The standard InChI is InChI=1S/C21H27ClN4O2/c1-2-14-28-23-16-18-3-5-19(6-4-18)27-15-11-17-9-12-26(13-10-17)21-8-7-20(22)24-25-21/h3-8,16-17H,2,9-15H2,1H3. The van der Waals surface area contributed by atoms with Gasteiger partial charge in [-0.05, 0) is 73.6 Å². The number of anilines is 1. The first-order chi connectivity index (χ1) is 13.7. The van der Waals surface area contributed by atoms with E-state index in [0.717, 1.165) is 62.5 Å². The first-order valence-corrected chi connectivity index (χ1v) is 10.2. The molecule has 1 fully saturated rings. The average Bonchev–Trinajstić information content (AvgIpc) is 2.73. The van der Waals surface area contributed by atoms with Crippen LogP contribution in [-0.2, 0) is 4.84 Å². The lowest BCUT2D eigenvalue weighted by Gasteiger charge is -2.32. The molecule has 6 nitrogen and oxygen atoms in total. The Morgan fingerprint density at radius 3 is 2.57 bits per heavy atom. The van der Waals surface area contributed by atoms with Gasteiger partial charge in [0.25, 0.3) is 0 Å². The van der Waals surface area contributed by atoms with E-state index in [2.05, 4.69) is 27.2 Å². The molecule has 0 spiro atoms. The maximum absolute atomic E-state index is 5.91. The molecule has 0 amide bonds. The van der Waals surface area contributed by atoms with Crippen molar-refractivity contribution in [2.75, 3.05) is 31.2 Å². The number of halogens is 1. The number of piperidine rings is 1. The van der Waals surface area contributed by atoms with Crippen LogP contribution in [-0.4, -0.2) is 42.7 Å². The normalized spacial score (nSPS) is 15.1. The van der Waals surface area contributed by atoms with Crippen LogP contribution in [0.15, 0.2) is 41.6 Å². The van der Waals surface area contributed by atoms with E-state index in [1.165, 1.54) is 0 Å². The molecular weight excluding hydrogens is 376 g/mol. The highest BCUT2D eigenvalue weighted by atomic mass is 35.5. The predicted octanol–water partition coefficient (Wildman–Crippen LogP) is 4.58. The summed E-state index contributed by atoms with van der Waals surface area (Å²) < 4.78 is 5.91. The molecule has 1 saturated heterocycles. The summed E-state index contributed by atoms with van der Waals surface area (Å²) >= 11 is 5.81. The van der Waals surface area contributed by atoms with Crippen molar-refractivity contribution in [1.29, 1.82) is 0 Å². The Bertz CT molecular complexity index is 729. The maximum atomic E-state index is 5.91. The van der Waals surface area contributed by atoms with E-state index in [4.69, 9.17) is 21.2 Å². The number of rotatable bonds is 9. The van der Waals surface area contributed by atoms with Gasteiger partial charge in [-0.2, -0.15) is 0 Å². The zero-order valence-electron chi connectivity index (χ0n) is 16.3. The molecule has 0 atom stereocenters. The summed E-state index contributed by atoms with van der Waals surface area (Å²) in [5.74, 6) is 2.47. The molecule has 2 aromatic rings. The number of benzene rings is 1. The van der Waals surface area contributed by atoms with Crippen molar-refractivity contribution in [3.05, 3.63) is 47.1 Å². The summed E-state index contributed by atoms with van der Waals surface area (Å²) in [5.41, 5.74) is 1.00. The molecule has 0 N–H and O–H groups in total. The smallest absolute Gasteiger partial charge is 0.151 e. The molecule has 150 valence electrons. The van der Waals surface area contributed by atoms with E-state index in [-0.39, 0.29) is 0 Å². The lowest BCUT2D eigenvalue weighted by molar-refractivity contribution is 0.146. The van der Waals surface area contributed by atoms with Gasteiger partial charge in [0.15, 0.2) is 11.0 Å². The molecule has 1 aromatic heterocycles. The molecule has 1 aliphatic heterocycles. The van der Waals surface area contributed by atoms with Crippen LogP contribution in [0.25, 0.3) is 0 Å². The van der Waals surface area contributed by atoms with Crippen LogP contribution in [0.5, 0.6) is 5.75 Å². The summed E-state index contributed by atoms with van der Waals surface area (Å²) in [6.45, 7) is 5.42. The topological polar surface area (TPSA) is 59.8 Å². The van der Waals surface area contributed by atoms with Crippen molar-refractivity contribution in [2.45, 2.75) is 32.6 Å². The van der Waals surface area contributed by atoms with Gasteiger partial charge < -0.3 is 14.5 Å². The zero-order chi connectivity index (χ0) is 19.6. The van der Waals surface area contributed by atoms with Crippen molar-refractivity contribution in [2.24, 2.45) is 11.1 Å². The quantitative estimate of drug-likeness (QED) is 0.349. The summed E-state index contributed by atoms with van der Waals surface area (Å²) in [5, 5.41) is 12.5. The van der Waals surface area contributed by atoms with E-state index < -0.39 is 0 Å². The predicted molar refractivity (Wildman–Crippen MR) is 112 cm³/mol. The van der Waals surface area contributed by atoms with Crippen LogP contribution >= 0.6 is 11.6 Å². The Hall–Kier alpha value is -2.34. The third-order valence-corrected chi connectivity index (χ3v) is 5.00. The van der Waals surface area contributed by atoms with Crippen molar-refractivity contribution in [1.82, 2.24) is 10.2 Å². The highest BCUT2D eigenvalue weighted by Gasteiger charge is 2.20. The lowest BCUT2D eigenvalue weighted by atomic mass is 9.94. The first kappa shape index (κ1) is 20.4. The summed E-state index contributed by atoms with van der Waals surface area (Å²) in [6, 6.07) is 11.6. The van der Waals surface area contributed by atoms with Crippen molar-refractivity contribution in [3.63, 3.8) is 0 Å². The summed E-state index contributed by atoms with van der Waals surface area (Å²) in [7, 11) is 0.